The van der Waals surface area contributed by atoms with Crippen LogP contribution in [0.4, 0.5) is 5.69 Å². The molecule has 3 rings (SSSR count). The quantitative estimate of drug-likeness (QED) is 0.772. The predicted octanol–water partition coefficient (Wildman–Crippen LogP) is 4.67. The third kappa shape index (κ3) is 4.46. The Labute approximate surface area is 169 Å². The maximum absolute atomic E-state index is 13.0. The van der Waals surface area contributed by atoms with Gasteiger partial charge in [0.2, 0.25) is 10.0 Å². The van der Waals surface area contributed by atoms with Crippen molar-refractivity contribution in [3.8, 4) is 0 Å². The summed E-state index contributed by atoms with van der Waals surface area (Å²) in [6.07, 6.45) is 1.81. The lowest BCUT2D eigenvalue weighted by Crippen LogP contribution is -2.39. The fourth-order valence-electron chi connectivity index (χ4n) is 3.10. The van der Waals surface area contributed by atoms with Gasteiger partial charge in [0, 0.05) is 18.7 Å². The number of benzene rings is 2. The molecule has 1 aliphatic heterocycles. The van der Waals surface area contributed by atoms with E-state index >= 15 is 0 Å². The van der Waals surface area contributed by atoms with Gasteiger partial charge in [0.05, 0.1) is 15.7 Å². The van der Waals surface area contributed by atoms with E-state index in [0.717, 1.165) is 12.8 Å². The number of hydrogen-bond acceptors (Lipinski definition) is 3. The average Bonchev–Trinajstić information content (AvgIpc) is 2.63. The van der Waals surface area contributed by atoms with Crippen LogP contribution in [0.25, 0.3) is 0 Å². The van der Waals surface area contributed by atoms with Crippen LogP contribution in [-0.2, 0) is 10.0 Å². The number of sulfonamides is 1. The molecule has 0 bridgehead atoms. The Morgan fingerprint density at radius 2 is 1.89 bits per heavy atom. The monoisotopic (exact) mass is 426 g/mol. The summed E-state index contributed by atoms with van der Waals surface area (Å²) in [5, 5.41) is 3.19. The number of carbonyl (C=O) groups excluding carboxylic acids is 1. The first-order valence-corrected chi connectivity index (χ1v) is 10.8. The van der Waals surface area contributed by atoms with E-state index in [9.17, 15) is 13.2 Å². The highest BCUT2D eigenvalue weighted by Gasteiger charge is 2.31. The molecule has 1 unspecified atom stereocenters. The zero-order chi connectivity index (χ0) is 19.6. The van der Waals surface area contributed by atoms with Gasteiger partial charge in [-0.1, -0.05) is 42.3 Å². The van der Waals surface area contributed by atoms with Crippen molar-refractivity contribution in [2.24, 2.45) is 5.92 Å². The Morgan fingerprint density at radius 1 is 1.15 bits per heavy atom. The van der Waals surface area contributed by atoms with E-state index in [2.05, 4.69) is 5.32 Å². The van der Waals surface area contributed by atoms with Crippen molar-refractivity contribution in [3.05, 3.63) is 58.1 Å². The van der Waals surface area contributed by atoms with E-state index in [1.54, 1.807) is 24.3 Å². The Kier molecular flexibility index (Phi) is 6.11. The Hall–Kier alpha value is -1.60. The summed E-state index contributed by atoms with van der Waals surface area (Å²) in [5.41, 5.74) is 0.649. The van der Waals surface area contributed by atoms with Crippen LogP contribution in [0.5, 0.6) is 0 Å². The SMILES string of the molecule is CC1CCCN(S(=O)(=O)c2cc(C(=O)Nc3ccccc3Cl)ccc2Cl)C1. The van der Waals surface area contributed by atoms with Crippen LogP contribution >= 0.6 is 23.2 Å². The third-order valence-electron chi connectivity index (χ3n) is 4.55. The summed E-state index contributed by atoms with van der Waals surface area (Å²) in [6, 6.07) is 11.1. The van der Waals surface area contributed by atoms with Crippen LogP contribution in [0.1, 0.15) is 30.1 Å². The molecular weight excluding hydrogens is 407 g/mol. The van der Waals surface area contributed by atoms with Gasteiger partial charge in [0.1, 0.15) is 4.90 Å². The van der Waals surface area contributed by atoms with E-state index in [1.807, 2.05) is 6.92 Å². The summed E-state index contributed by atoms with van der Waals surface area (Å²) in [4.78, 5) is 12.5. The second kappa shape index (κ2) is 8.19. The number of nitrogens with zero attached hydrogens (tertiary/aromatic N) is 1. The molecule has 1 saturated heterocycles. The number of halogens is 2. The number of piperidine rings is 1. The molecular formula is C19H20Cl2N2O3S. The molecule has 0 aromatic heterocycles. The highest BCUT2D eigenvalue weighted by molar-refractivity contribution is 7.89. The number of anilines is 1. The maximum atomic E-state index is 13.0. The highest BCUT2D eigenvalue weighted by Crippen LogP contribution is 2.29. The van der Waals surface area contributed by atoms with Gasteiger partial charge in [-0.15, -0.1) is 0 Å². The van der Waals surface area contributed by atoms with E-state index in [0.29, 0.717) is 29.7 Å². The minimum Gasteiger partial charge on any atom is -0.321 e. The van der Waals surface area contributed by atoms with Gasteiger partial charge in [-0.25, -0.2) is 8.42 Å². The lowest BCUT2D eigenvalue weighted by atomic mass is 10.0. The van der Waals surface area contributed by atoms with Crippen molar-refractivity contribution in [1.82, 2.24) is 4.31 Å². The van der Waals surface area contributed by atoms with E-state index in [4.69, 9.17) is 23.2 Å². The average molecular weight is 427 g/mol. The van der Waals surface area contributed by atoms with Crippen molar-refractivity contribution in [3.63, 3.8) is 0 Å². The summed E-state index contributed by atoms with van der Waals surface area (Å²) in [6.45, 7) is 2.94. The Balaban J connectivity index is 1.90. The van der Waals surface area contributed by atoms with E-state index < -0.39 is 15.9 Å². The zero-order valence-electron chi connectivity index (χ0n) is 14.8. The fourth-order valence-corrected chi connectivity index (χ4v) is 5.38. The lowest BCUT2D eigenvalue weighted by molar-refractivity contribution is 0.102. The molecule has 2 aromatic rings. The molecule has 2 aromatic carbocycles. The van der Waals surface area contributed by atoms with Crippen molar-refractivity contribution in [2.45, 2.75) is 24.7 Å². The molecule has 0 aliphatic carbocycles. The van der Waals surface area contributed by atoms with E-state index in [-0.39, 0.29) is 15.5 Å². The first-order valence-electron chi connectivity index (χ1n) is 8.64. The number of hydrogen-bond donors (Lipinski definition) is 1. The molecule has 1 amide bonds. The largest absolute Gasteiger partial charge is 0.321 e. The molecule has 0 radical (unpaired) electrons. The molecule has 0 spiro atoms. The topological polar surface area (TPSA) is 66.5 Å². The molecule has 1 aliphatic rings. The molecule has 144 valence electrons. The highest BCUT2D eigenvalue weighted by atomic mass is 35.5. The van der Waals surface area contributed by atoms with Gasteiger partial charge in [-0.2, -0.15) is 4.31 Å². The Morgan fingerprint density at radius 3 is 2.59 bits per heavy atom. The summed E-state index contributed by atoms with van der Waals surface area (Å²) in [7, 11) is -3.77. The second-order valence-electron chi connectivity index (χ2n) is 6.69. The molecule has 8 heteroatoms. The third-order valence-corrected chi connectivity index (χ3v) is 7.23. The molecule has 1 atom stereocenters. The lowest BCUT2D eigenvalue weighted by Gasteiger charge is -2.30. The fraction of sp³-hybridized carbons (Fsp3) is 0.316. The molecule has 27 heavy (non-hydrogen) atoms. The number of para-hydroxylation sites is 1. The molecule has 5 nitrogen and oxygen atoms in total. The van der Waals surface area contributed by atoms with Crippen molar-refractivity contribution >= 4 is 44.8 Å². The van der Waals surface area contributed by atoms with Crippen LogP contribution in [0.3, 0.4) is 0 Å². The Bertz CT molecular complexity index is 963. The maximum Gasteiger partial charge on any atom is 0.255 e. The summed E-state index contributed by atoms with van der Waals surface area (Å²) < 4.78 is 27.5. The first kappa shape index (κ1) is 20.1. The van der Waals surface area contributed by atoms with E-state index in [1.165, 1.54) is 22.5 Å². The molecule has 1 fully saturated rings. The number of amides is 1. The van der Waals surface area contributed by atoms with Gasteiger partial charge in [0.15, 0.2) is 0 Å². The van der Waals surface area contributed by atoms with Gasteiger partial charge in [0.25, 0.3) is 5.91 Å². The first-order chi connectivity index (χ1) is 12.8. The van der Waals surface area contributed by atoms with Crippen LogP contribution in [0.2, 0.25) is 10.0 Å². The normalized spacial score (nSPS) is 18.3. The summed E-state index contributed by atoms with van der Waals surface area (Å²) in [5.74, 6) is -0.165. The van der Waals surface area contributed by atoms with Crippen LogP contribution in [0.15, 0.2) is 47.4 Å². The molecule has 1 N–H and O–H groups in total. The minimum atomic E-state index is -3.77. The minimum absolute atomic E-state index is 0.0509. The predicted molar refractivity (Wildman–Crippen MR) is 108 cm³/mol. The van der Waals surface area contributed by atoms with Gasteiger partial charge >= 0.3 is 0 Å². The van der Waals surface area contributed by atoms with Crippen LogP contribution in [0, 0.1) is 5.92 Å². The van der Waals surface area contributed by atoms with Crippen molar-refractivity contribution in [1.29, 1.82) is 0 Å². The van der Waals surface area contributed by atoms with Gasteiger partial charge in [-0.3, -0.25) is 4.79 Å². The van der Waals surface area contributed by atoms with Gasteiger partial charge in [-0.05, 0) is 49.1 Å². The summed E-state index contributed by atoms with van der Waals surface area (Å²) >= 11 is 12.2. The van der Waals surface area contributed by atoms with Crippen LogP contribution < -0.4 is 5.32 Å². The van der Waals surface area contributed by atoms with Crippen molar-refractivity contribution in [2.75, 3.05) is 18.4 Å². The molecule has 1 heterocycles. The number of nitrogens with one attached hydrogen (secondary N) is 1. The standard InChI is InChI=1S/C19H20Cl2N2O3S/c1-13-5-4-10-23(12-13)27(25,26)18-11-14(8-9-16(18)21)19(24)22-17-7-3-2-6-15(17)20/h2-3,6-9,11,13H,4-5,10,12H2,1H3,(H,22,24). The second-order valence-corrected chi connectivity index (χ2v) is 9.41. The number of rotatable bonds is 4. The van der Waals surface area contributed by atoms with Crippen LogP contribution in [-0.4, -0.2) is 31.7 Å². The van der Waals surface area contributed by atoms with Crippen molar-refractivity contribution < 1.29 is 13.2 Å². The van der Waals surface area contributed by atoms with Gasteiger partial charge < -0.3 is 5.32 Å². The number of carbonyl (C=O) groups is 1. The smallest absolute Gasteiger partial charge is 0.255 e. The molecule has 0 saturated carbocycles. The zero-order valence-corrected chi connectivity index (χ0v) is 17.1.